The highest BCUT2D eigenvalue weighted by Gasteiger charge is 2.00. The van der Waals surface area contributed by atoms with Gasteiger partial charge in [-0.2, -0.15) is 0 Å². The quantitative estimate of drug-likeness (QED) is 0.799. The van der Waals surface area contributed by atoms with Gasteiger partial charge in [0, 0.05) is 5.56 Å². The maximum atomic E-state index is 10.6. The van der Waals surface area contributed by atoms with Crippen LogP contribution < -0.4 is 5.73 Å². The summed E-state index contributed by atoms with van der Waals surface area (Å²) < 4.78 is 0. The molecule has 2 aromatic carbocycles. The molecule has 0 unspecified atom stereocenters. The van der Waals surface area contributed by atoms with Crippen LogP contribution in [0.5, 0.6) is 0 Å². The van der Waals surface area contributed by atoms with E-state index in [1.54, 1.807) is 12.1 Å². The van der Waals surface area contributed by atoms with Crippen molar-refractivity contribution in [3.05, 3.63) is 71.3 Å². The summed E-state index contributed by atoms with van der Waals surface area (Å²) >= 11 is 0. The molecule has 2 nitrogen and oxygen atoms in total. The van der Waals surface area contributed by atoms with Gasteiger partial charge in [-0.15, -0.1) is 0 Å². The van der Waals surface area contributed by atoms with Gasteiger partial charge >= 0.3 is 0 Å². The van der Waals surface area contributed by atoms with Crippen molar-refractivity contribution in [3.63, 3.8) is 0 Å². The molecule has 0 fully saturated rings. The Morgan fingerprint density at radius 3 is 1.76 bits per heavy atom. The van der Waals surface area contributed by atoms with Gasteiger partial charge in [-0.3, -0.25) is 4.79 Å². The van der Waals surface area contributed by atoms with Gasteiger partial charge in [-0.25, -0.2) is 0 Å². The van der Waals surface area contributed by atoms with E-state index in [1.807, 2.05) is 37.3 Å². The Morgan fingerprint density at radius 1 is 0.882 bits per heavy atom. The zero-order chi connectivity index (χ0) is 12.7. The number of nitrogens with two attached hydrogens (primary N) is 1. The van der Waals surface area contributed by atoms with E-state index in [4.69, 9.17) is 5.73 Å². The van der Waals surface area contributed by atoms with Crippen molar-refractivity contribution >= 4 is 5.91 Å². The molecule has 0 aliphatic carbocycles. The van der Waals surface area contributed by atoms with Gasteiger partial charge in [-0.05, 0) is 25.5 Å². The van der Waals surface area contributed by atoms with E-state index in [-0.39, 0.29) is 5.91 Å². The summed E-state index contributed by atoms with van der Waals surface area (Å²) in [6, 6.07) is 17.5. The number of carbonyl (C=O) groups excluding carboxylic acids is 1. The van der Waals surface area contributed by atoms with Crippen LogP contribution in [-0.4, -0.2) is 5.91 Å². The van der Waals surface area contributed by atoms with Crippen molar-refractivity contribution < 1.29 is 4.79 Å². The molecule has 2 rings (SSSR count). The minimum Gasteiger partial charge on any atom is -0.366 e. The maximum Gasteiger partial charge on any atom is 0.248 e. The van der Waals surface area contributed by atoms with E-state index in [0.717, 1.165) is 5.56 Å². The lowest BCUT2D eigenvalue weighted by atomic mass is 10.1. The third kappa shape index (κ3) is 4.51. The number of primary amides is 1. The molecule has 88 valence electrons. The van der Waals surface area contributed by atoms with Crippen LogP contribution in [0.15, 0.2) is 54.6 Å². The number of carbonyl (C=O) groups is 1. The Morgan fingerprint density at radius 2 is 1.41 bits per heavy atom. The number of rotatable bonds is 1. The third-order valence-electron chi connectivity index (χ3n) is 2.35. The van der Waals surface area contributed by atoms with E-state index < -0.39 is 0 Å². The van der Waals surface area contributed by atoms with E-state index in [1.165, 1.54) is 5.56 Å². The summed E-state index contributed by atoms with van der Waals surface area (Å²) in [4.78, 5) is 10.6. The molecule has 2 aromatic rings. The van der Waals surface area contributed by atoms with Crippen LogP contribution in [0.3, 0.4) is 0 Å². The van der Waals surface area contributed by atoms with Gasteiger partial charge in [0.25, 0.3) is 0 Å². The predicted molar refractivity (Wildman–Crippen MR) is 70.9 cm³/mol. The second-order valence-electron chi connectivity index (χ2n) is 3.83. The molecule has 0 atom stereocenters. The molecule has 2 heteroatoms. The standard InChI is InChI=1S/C8H9NO.C7H8/c1-6-4-2-3-5-7(6)8(9)10;1-7-5-3-2-4-6-7/h2-5H,1H3,(H2,9,10);2-6H,1H3. The minimum atomic E-state index is -0.363. The summed E-state index contributed by atoms with van der Waals surface area (Å²) in [5, 5.41) is 0. The largest absolute Gasteiger partial charge is 0.366 e. The van der Waals surface area contributed by atoms with Crippen molar-refractivity contribution in [1.29, 1.82) is 0 Å². The Labute approximate surface area is 102 Å². The summed E-state index contributed by atoms with van der Waals surface area (Å²) in [6.07, 6.45) is 0. The first kappa shape index (κ1) is 13.0. The Kier molecular flexibility index (Phi) is 4.95. The molecule has 0 saturated heterocycles. The Balaban J connectivity index is 0.000000181. The first-order valence-corrected chi connectivity index (χ1v) is 5.48. The molecule has 0 heterocycles. The molecule has 0 radical (unpaired) electrons. The molecule has 2 N–H and O–H groups in total. The first-order valence-electron chi connectivity index (χ1n) is 5.48. The maximum absolute atomic E-state index is 10.6. The lowest BCUT2D eigenvalue weighted by molar-refractivity contribution is 0.0999. The third-order valence-corrected chi connectivity index (χ3v) is 2.35. The topological polar surface area (TPSA) is 43.1 Å². The van der Waals surface area contributed by atoms with Crippen molar-refractivity contribution in [3.8, 4) is 0 Å². The fraction of sp³-hybridized carbons (Fsp3) is 0.133. The van der Waals surface area contributed by atoms with Crippen molar-refractivity contribution in [1.82, 2.24) is 0 Å². The summed E-state index contributed by atoms with van der Waals surface area (Å²) in [5.74, 6) is -0.363. The normalized spacial score (nSPS) is 9.06. The van der Waals surface area contributed by atoms with Gasteiger partial charge in [0.1, 0.15) is 0 Å². The Hall–Kier alpha value is -2.09. The lowest BCUT2D eigenvalue weighted by Gasteiger charge is -1.97. The number of aryl methyl sites for hydroxylation is 2. The number of hydrogen-bond acceptors (Lipinski definition) is 1. The highest BCUT2D eigenvalue weighted by molar-refractivity contribution is 5.94. The first-order chi connectivity index (χ1) is 8.11. The number of benzene rings is 2. The van der Waals surface area contributed by atoms with Crippen LogP contribution in [0, 0.1) is 13.8 Å². The van der Waals surface area contributed by atoms with Crippen LogP contribution in [0.4, 0.5) is 0 Å². The predicted octanol–water partition coefficient (Wildman–Crippen LogP) is 3.09. The van der Waals surface area contributed by atoms with Crippen LogP contribution in [0.1, 0.15) is 21.5 Å². The van der Waals surface area contributed by atoms with Gasteiger partial charge in [0.2, 0.25) is 5.91 Å². The second kappa shape index (κ2) is 6.48. The molecule has 0 aromatic heterocycles. The van der Waals surface area contributed by atoms with Gasteiger partial charge in [0.15, 0.2) is 0 Å². The van der Waals surface area contributed by atoms with Crippen LogP contribution in [0.25, 0.3) is 0 Å². The SMILES string of the molecule is Cc1ccccc1.Cc1ccccc1C(N)=O. The average Bonchev–Trinajstić information content (AvgIpc) is 2.31. The molecule has 17 heavy (non-hydrogen) atoms. The van der Waals surface area contributed by atoms with Crippen molar-refractivity contribution in [2.45, 2.75) is 13.8 Å². The summed E-state index contributed by atoms with van der Waals surface area (Å²) in [5.41, 5.74) is 7.92. The highest BCUT2D eigenvalue weighted by Crippen LogP contribution is 2.04. The molecule has 0 aliphatic rings. The van der Waals surface area contributed by atoms with Crippen LogP contribution >= 0.6 is 0 Å². The number of hydrogen-bond donors (Lipinski definition) is 1. The highest BCUT2D eigenvalue weighted by atomic mass is 16.1. The summed E-state index contributed by atoms with van der Waals surface area (Å²) in [6.45, 7) is 3.94. The fourth-order valence-corrected chi connectivity index (χ4v) is 1.38. The van der Waals surface area contributed by atoms with Gasteiger partial charge in [0.05, 0.1) is 0 Å². The molecule has 0 saturated carbocycles. The van der Waals surface area contributed by atoms with Gasteiger partial charge in [-0.1, -0.05) is 54.1 Å². The fourth-order valence-electron chi connectivity index (χ4n) is 1.38. The van der Waals surface area contributed by atoms with E-state index in [0.29, 0.717) is 5.56 Å². The second-order valence-corrected chi connectivity index (χ2v) is 3.83. The van der Waals surface area contributed by atoms with E-state index in [2.05, 4.69) is 19.1 Å². The molecular formula is C15H17NO. The molecule has 0 spiro atoms. The van der Waals surface area contributed by atoms with Crippen molar-refractivity contribution in [2.24, 2.45) is 5.73 Å². The zero-order valence-corrected chi connectivity index (χ0v) is 10.2. The molecule has 1 amide bonds. The lowest BCUT2D eigenvalue weighted by Crippen LogP contribution is -2.12. The molecule has 0 aliphatic heterocycles. The van der Waals surface area contributed by atoms with Crippen LogP contribution in [0.2, 0.25) is 0 Å². The minimum absolute atomic E-state index is 0.363. The van der Waals surface area contributed by atoms with Crippen molar-refractivity contribution in [2.75, 3.05) is 0 Å². The smallest absolute Gasteiger partial charge is 0.248 e. The number of amides is 1. The van der Waals surface area contributed by atoms with E-state index >= 15 is 0 Å². The average molecular weight is 227 g/mol. The van der Waals surface area contributed by atoms with Crippen LogP contribution in [-0.2, 0) is 0 Å². The molecular weight excluding hydrogens is 210 g/mol. The molecule has 0 bridgehead atoms. The monoisotopic (exact) mass is 227 g/mol. The van der Waals surface area contributed by atoms with Gasteiger partial charge < -0.3 is 5.73 Å². The Bertz CT molecular complexity index is 477. The summed E-state index contributed by atoms with van der Waals surface area (Å²) in [7, 11) is 0. The van der Waals surface area contributed by atoms with E-state index in [9.17, 15) is 4.79 Å². The zero-order valence-electron chi connectivity index (χ0n) is 10.2.